The molecule has 2 amide bonds. The molecule has 1 aliphatic heterocycles. The summed E-state index contributed by atoms with van der Waals surface area (Å²) >= 11 is 14.7. The average Bonchev–Trinajstić information content (AvgIpc) is 3.22. The van der Waals surface area contributed by atoms with Gasteiger partial charge in [-0.2, -0.15) is 0 Å². The van der Waals surface area contributed by atoms with Gasteiger partial charge in [0.25, 0.3) is 0 Å². The number of amides is 2. The largest absolute Gasteiger partial charge is 0.331 e. The van der Waals surface area contributed by atoms with Gasteiger partial charge in [-0.1, -0.05) is 47.5 Å². The number of hydrogen-bond acceptors (Lipinski definition) is 3. The van der Waals surface area contributed by atoms with Gasteiger partial charge in [0.15, 0.2) is 0 Å². The molecule has 7 heteroatoms. The number of piperidine rings is 1. The summed E-state index contributed by atoms with van der Waals surface area (Å²) in [5, 5.41) is 6.08. The minimum Gasteiger partial charge on any atom is -0.331 e. The van der Waals surface area contributed by atoms with Crippen LogP contribution in [0.3, 0.4) is 0 Å². The molecule has 2 aromatic rings. The van der Waals surface area contributed by atoms with E-state index >= 15 is 0 Å². The Kier molecular flexibility index (Phi) is 7.63. The molecule has 1 aromatic carbocycles. The van der Waals surface area contributed by atoms with Gasteiger partial charge in [-0.3, -0.25) is 0 Å². The fourth-order valence-corrected chi connectivity index (χ4v) is 4.70. The van der Waals surface area contributed by atoms with Crippen LogP contribution in [0, 0.1) is 0 Å². The van der Waals surface area contributed by atoms with Crippen molar-refractivity contribution in [3.63, 3.8) is 0 Å². The van der Waals surface area contributed by atoms with E-state index in [2.05, 4.69) is 17.3 Å². The molecule has 1 unspecified atom stereocenters. The molecule has 1 aliphatic rings. The number of urea groups is 1. The summed E-state index contributed by atoms with van der Waals surface area (Å²) in [6, 6.07) is 7.87. The van der Waals surface area contributed by atoms with Crippen LogP contribution in [0.2, 0.25) is 10.0 Å². The normalized spacial score (nSPS) is 16.9. The van der Waals surface area contributed by atoms with Crippen molar-refractivity contribution in [2.24, 2.45) is 0 Å². The number of halogens is 2. The van der Waals surface area contributed by atoms with Crippen LogP contribution in [-0.2, 0) is 0 Å². The summed E-state index contributed by atoms with van der Waals surface area (Å²) in [5.41, 5.74) is 1.67. The molecule has 2 heterocycles. The van der Waals surface area contributed by atoms with Crippen LogP contribution < -0.4 is 5.32 Å². The molecule has 1 atom stereocenters. The molecular formula is C22H27Cl2N3OS. The molecule has 29 heavy (non-hydrogen) atoms. The van der Waals surface area contributed by atoms with Crippen molar-refractivity contribution in [2.75, 3.05) is 27.2 Å². The molecule has 1 saturated heterocycles. The first-order chi connectivity index (χ1) is 13.9. The Hall–Kier alpha value is -1.53. The van der Waals surface area contributed by atoms with Crippen molar-refractivity contribution in [1.82, 2.24) is 15.1 Å². The molecule has 156 valence electrons. The van der Waals surface area contributed by atoms with Gasteiger partial charge < -0.3 is 15.1 Å². The highest BCUT2D eigenvalue weighted by Crippen LogP contribution is 2.34. The molecule has 1 aromatic heterocycles. The summed E-state index contributed by atoms with van der Waals surface area (Å²) in [6.45, 7) is 3.96. The zero-order chi connectivity index (χ0) is 21.0. The van der Waals surface area contributed by atoms with Gasteiger partial charge in [-0.05, 0) is 68.6 Å². The average molecular weight is 452 g/mol. The molecule has 0 saturated carbocycles. The van der Waals surface area contributed by atoms with Crippen LogP contribution in [0.1, 0.15) is 41.8 Å². The van der Waals surface area contributed by atoms with Crippen molar-refractivity contribution in [2.45, 2.75) is 31.8 Å². The lowest BCUT2D eigenvalue weighted by Gasteiger charge is -2.35. The topological polar surface area (TPSA) is 35.6 Å². The Morgan fingerprint density at radius 2 is 1.97 bits per heavy atom. The lowest BCUT2D eigenvalue weighted by molar-refractivity contribution is 0.146. The van der Waals surface area contributed by atoms with Crippen LogP contribution in [0.4, 0.5) is 4.79 Å². The summed E-state index contributed by atoms with van der Waals surface area (Å²) in [5.74, 6) is 0. The molecule has 0 spiro atoms. The lowest BCUT2D eigenvalue weighted by Crippen LogP contribution is -2.48. The fourth-order valence-electron chi connectivity index (χ4n) is 3.51. The van der Waals surface area contributed by atoms with Gasteiger partial charge in [0.1, 0.15) is 0 Å². The number of benzene rings is 1. The third-order valence-corrected chi connectivity index (χ3v) is 7.22. The fraction of sp³-hybridized carbons (Fsp3) is 0.409. The quantitative estimate of drug-likeness (QED) is 0.602. The Morgan fingerprint density at radius 1 is 1.24 bits per heavy atom. The summed E-state index contributed by atoms with van der Waals surface area (Å²) in [4.78, 5) is 18.0. The van der Waals surface area contributed by atoms with E-state index in [4.69, 9.17) is 23.2 Å². The van der Waals surface area contributed by atoms with E-state index in [1.807, 2.05) is 60.7 Å². The summed E-state index contributed by atoms with van der Waals surface area (Å²) in [7, 11) is 3.98. The number of carbonyl (C=O) groups is 1. The zero-order valence-electron chi connectivity index (χ0n) is 17.0. The highest BCUT2D eigenvalue weighted by Gasteiger charge is 2.25. The molecule has 4 nitrogen and oxygen atoms in total. The van der Waals surface area contributed by atoms with E-state index in [1.54, 1.807) is 11.3 Å². The summed E-state index contributed by atoms with van der Waals surface area (Å²) < 4.78 is 0. The third-order valence-electron chi connectivity index (χ3n) is 5.48. The van der Waals surface area contributed by atoms with Gasteiger partial charge in [0.05, 0.1) is 16.1 Å². The number of rotatable bonds is 5. The van der Waals surface area contributed by atoms with Crippen molar-refractivity contribution < 1.29 is 4.79 Å². The SMILES string of the molecule is CC(NC(=O)N(C)C1CCN(C)CC1)c1ccc(/C=C/c2cccs2)c(Cl)c1Cl. The minimum atomic E-state index is -0.239. The van der Waals surface area contributed by atoms with E-state index in [0.29, 0.717) is 10.0 Å². The second-order valence-corrected chi connectivity index (χ2v) is 9.27. The predicted octanol–water partition coefficient (Wildman–Crippen LogP) is 6.02. The predicted molar refractivity (Wildman–Crippen MR) is 125 cm³/mol. The molecule has 1 fully saturated rings. The number of thiophene rings is 1. The lowest BCUT2D eigenvalue weighted by atomic mass is 10.0. The van der Waals surface area contributed by atoms with E-state index in [9.17, 15) is 4.79 Å². The number of carbonyl (C=O) groups excluding carboxylic acids is 1. The maximum Gasteiger partial charge on any atom is 0.317 e. The first-order valence-corrected chi connectivity index (χ1v) is 11.4. The van der Waals surface area contributed by atoms with Gasteiger partial charge in [-0.15, -0.1) is 11.3 Å². The van der Waals surface area contributed by atoms with Crippen LogP contribution >= 0.6 is 34.5 Å². The molecular weight excluding hydrogens is 425 g/mol. The maximum absolute atomic E-state index is 12.7. The number of nitrogens with one attached hydrogen (secondary N) is 1. The smallest absolute Gasteiger partial charge is 0.317 e. The second-order valence-electron chi connectivity index (χ2n) is 7.54. The molecule has 1 N–H and O–H groups in total. The Morgan fingerprint density at radius 3 is 2.62 bits per heavy atom. The van der Waals surface area contributed by atoms with E-state index in [-0.39, 0.29) is 18.1 Å². The molecule has 0 bridgehead atoms. The summed E-state index contributed by atoms with van der Waals surface area (Å²) in [6.07, 6.45) is 5.96. The monoisotopic (exact) mass is 451 g/mol. The van der Waals surface area contributed by atoms with Crippen molar-refractivity contribution in [3.05, 3.63) is 55.7 Å². The number of hydrogen-bond donors (Lipinski definition) is 1. The van der Waals surface area contributed by atoms with Crippen LogP contribution in [-0.4, -0.2) is 49.1 Å². The standard InChI is InChI=1S/C22H27Cl2N3OS/c1-15(25-22(28)27(3)17-10-12-26(2)13-11-17)19-9-7-16(20(23)21(19)24)6-8-18-5-4-14-29-18/h4-9,14-15,17H,10-13H2,1-3H3,(H,25,28)/b8-6+. The Bertz CT molecular complexity index is 861. The number of nitrogens with zero attached hydrogens (tertiary/aromatic N) is 2. The highest BCUT2D eigenvalue weighted by molar-refractivity contribution is 7.10. The first kappa shape index (κ1) is 22.2. The molecule has 3 rings (SSSR count). The Labute approximate surface area is 187 Å². The first-order valence-electron chi connectivity index (χ1n) is 9.78. The van der Waals surface area contributed by atoms with E-state index < -0.39 is 0 Å². The van der Waals surface area contributed by atoms with E-state index in [0.717, 1.165) is 41.9 Å². The van der Waals surface area contributed by atoms with E-state index in [1.165, 1.54) is 0 Å². The minimum absolute atomic E-state index is 0.0825. The highest BCUT2D eigenvalue weighted by atomic mass is 35.5. The maximum atomic E-state index is 12.7. The van der Waals surface area contributed by atoms with Gasteiger partial charge in [-0.25, -0.2) is 4.79 Å². The van der Waals surface area contributed by atoms with Crippen molar-refractivity contribution in [1.29, 1.82) is 0 Å². The molecule has 0 aliphatic carbocycles. The van der Waals surface area contributed by atoms with Crippen molar-refractivity contribution >= 4 is 52.7 Å². The second kappa shape index (κ2) is 9.98. The van der Waals surface area contributed by atoms with Crippen LogP contribution in [0.25, 0.3) is 12.2 Å². The van der Waals surface area contributed by atoms with Crippen LogP contribution in [0.5, 0.6) is 0 Å². The third kappa shape index (κ3) is 5.54. The molecule has 0 radical (unpaired) electrons. The number of likely N-dealkylation sites (tertiary alicyclic amines) is 1. The zero-order valence-corrected chi connectivity index (χ0v) is 19.3. The van der Waals surface area contributed by atoms with Crippen LogP contribution in [0.15, 0.2) is 29.6 Å². The van der Waals surface area contributed by atoms with Gasteiger partial charge >= 0.3 is 6.03 Å². The van der Waals surface area contributed by atoms with Gasteiger partial charge in [0.2, 0.25) is 0 Å². The Balaban J connectivity index is 1.66. The van der Waals surface area contributed by atoms with Gasteiger partial charge in [0, 0.05) is 18.0 Å². The van der Waals surface area contributed by atoms with Crippen molar-refractivity contribution in [3.8, 4) is 0 Å².